The number of hydrogen-bond donors (Lipinski definition) is 1. The summed E-state index contributed by atoms with van der Waals surface area (Å²) in [5, 5.41) is 9.06. The Balaban J connectivity index is 2.51. The Bertz CT molecular complexity index is 280. The van der Waals surface area contributed by atoms with Gasteiger partial charge in [0.15, 0.2) is 0 Å². The van der Waals surface area contributed by atoms with Crippen molar-refractivity contribution in [2.24, 2.45) is 5.92 Å². The number of carbonyl (C=O) groups excluding carboxylic acids is 1. The van der Waals surface area contributed by atoms with E-state index in [0.29, 0.717) is 32.6 Å². The SMILES string of the molecule is CCOCCC(=O)N1CCC[C@H](C(=O)O)[C@@H]1C. The number of piperidine rings is 1. The van der Waals surface area contributed by atoms with Crippen molar-refractivity contribution in [3.8, 4) is 0 Å². The third-order valence-electron chi connectivity index (χ3n) is 3.29. The van der Waals surface area contributed by atoms with E-state index in [9.17, 15) is 9.59 Å². The van der Waals surface area contributed by atoms with Crippen LogP contribution in [-0.4, -0.2) is 47.7 Å². The molecule has 0 bridgehead atoms. The van der Waals surface area contributed by atoms with E-state index in [1.165, 1.54) is 0 Å². The third-order valence-corrected chi connectivity index (χ3v) is 3.29. The molecule has 1 heterocycles. The van der Waals surface area contributed by atoms with Gasteiger partial charge in [-0.1, -0.05) is 0 Å². The molecule has 0 aliphatic carbocycles. The monoisotopic (exact) mass is 243 g/mol. The molecule has 1 fully saturated rings. The number of hydrogen-bond acceptors (Lipinski definition) is 3. The van der Waals surface area contributed by atoms with Crippen molar-refractivity contribution in [2.75, 3.05) is 19.8 Å². The molecule has 0 radical (unpaired) electrons. The number of ether oxygens (including phenoxy) is 1. The van der Waals surface area contributed by atoms with Crippen LogP contribution in [0.2, 0.25) is 0 Å². The number of likely N-dealkylation sites (tertiary alicyclic amines) is 1. The molecule has 1 rings (SSSR count). The summed E-state index contributed by atoms with van der Waals surface area (Å²) in [6.45, 7) is 5.37. The molecule has 0 unspecified atom stereocenters. The standard InChI is InChI=1S/C12H21NO4/c1-3-17-8-6-11(14)13-7-4-5-10(9(13)2)12(15)16/h9-10H,3-8H2,1-2H3,(H,15,16)/t9-,10-/m0/s1. The van der Waals surface area contributed by atoms with Crippen molar-refractivity contribution in [3.05, 3.63) is 0 Å². The fourth-order valence-electron chi connectivity index (χ4n) is 2.27. The zero-order chi connectivity index (χ0) is 12.8. The van der Waals surface area contributed by atoms with Crippen LogP contribution in [0.25, 0.3) is 0 Å². The molecule has 0 aromatic rings. The van der Waals surface area contributed by atoms with Gasteiger partial charge in [0.2, 0.25) is 5.91 Å². The van der Waals surface area contributed by atoms with Gasteiger partial charge >= 0.3 is 5.97 Å². The molecule has 0 aromatic carbocycles. The van der Waals surface area contributed by atoms with Crippen LogP contribution in [0.5, 0.6) is 0 Å². The van der Waals surface area contributed by atoms with Crippen molar-refractivity contribution in [2.45, 2.75) is 39.2 Å². The van der Waals surface area contributed by atoms with Gasteiger partial charge in [-0.05, 0) is 26.7 Å². The minimum absolute atomic E-state index is 0.00287. The molecule has 1 amide bonds. The minimum atomic E-state index is -0.806. The Hall–Kier alpha value is -1.10. The maximum atomic E-state index is 11.9. The highest BCUT2D eigenvalue weighted by Gasteiger charge is 2.34. The van der Waals surface area contributed by atoms with Gasteiger partial charge in [0.1, 0.15) is 0 Å². The number of carboxylic acids is 1. The Labute approximate surface area is 102 Å². The summed E-state index contributed by atoms with van der Waals surface area (Å²) in [6, 6.07) is -0.213. The molecule has 0 spiro atoms. The highest BCUT2D eigenvalue weighted by Crippen LogP contribution is 2.24. The van der Waals surface area contributed by atoms with Crippen molar-refractivity contribution >= 4 is 11.9 Å². The number of amides is 1. The highest BCUT2D eigenvalue weighted by molar-refractivity contribution is 5.78. The lowest BCUT2D eigenvalue weighted by Gasteiger charge is -2.37. The van der Waals surface area contributed by atoms with E-state index in [1.54, 1.807) is 4.90 Å². The first-order chi connectivity index (χ1) is 8.07. The molecule has 1 aliphatic heterocycles. The molecule has 1 aliphatic rings. The number of carbonyl (C=O) groups is 2. The molecule has 0 aromatic heterocycles. The normalized spacial score (nSPS) is 24.7. The Kier molecular flexibility index (Phi) is 5.41. The minimum Gasteiger partial charge on any atom is -0.481 e. The van der Waals surface area contributed by atoms with E-state index >= 15 is 0 Å². The Morgan fingerprint density at radius 1 is 1.47 bits per heavy atom. The Morgan fingerprint density at radius 2 is 2.18 bits per heavy atom. The van der Waals surface area contributed by atoms with Gasteiger partial charge in [-0.3, -0.25) is 9.59 Å². The second-order valence-electron chi connectivity index (χ2n) is 4.36. The van der Waals surface area contributed by atoms with Crippen LogP contribution in [0.4, 0.5) is 0 Å². The summed E-state index contributed by atoms with van der Waals surface area (Å²) in [6.07, 6.45) is 1.76. The van der Waals surface area contributed by atoms with E-state index in [-0.39, 0.29) is 11.9 Å². The first-order valence-electron chi connectivity index (χ1n) is 6.18. The quantitative estimate of drug-likeness (QED) is 0.735. The van der Waals surface area contributed by atoms with Crippen LogP contribution in [0.1, 0.15) is 33.1 Å². The number of nitrogens with zero attached hydrogens (tertiary/aromatic N) is 1. The van der Waals surface area contributed by atoms with Gasteiger partial charge in [0, 0.05) is 19.2 Å². The molecule has 0 saturated carbocycles. The molecule has 1 N–H and O–H groups in total. The zero-order valence-electron chi connectivity index (χ0n) is 10.5. The van der Waals surface area contributed by atoms with E-state index in [4.69, 9.17) is 9.84 Å². The van der Waals surface area contributed by atoms with Crippen LogP contribution >= 0.6 is 0 Å². The number of aliphatic carboxylic acids is 1. The maximum absolute atomic E-state index is 11.9. The van der Waals surface area contributed by atoms with Gasteiger partial charge in [0.25, 0.3) is 0 Å². The van der Waals surface area contributed by atoms with Crippen LogP contribution in [0.3, 0.4) is 0 Å². The molecule has 17 heavy (non-hydrogen) atoms. The lowest BCUT2D eigenvalue weighted by atomic mass is 9.90. The van der Waals surface area contributed by atoms with Crippen LogP contribution in [0.15, 0.2) is 0 Å². The molecule has 98 valence electrons. The van der Waals surface area contributed by atoms with Gasteiger partial charge in [-0.25, -0.2) is 0 Å². The molecular formula is C12H21NO4. The highest BCUT2D eigenvalue weighted by atomic mass is 16.5. The summed E-state index contributed by atoms with van der Waals surface area (Å²) in [5.41, 5.74) is 0. The zero-order valence-corrected chi connectivity index (χ0v) is 10.5. The second kappa shape index (κ2) is 6.59. The smallest absolute Gasteiger partial charge is 0.308 e. The topological polar surface area (TPSA) is 66.8 Å². The first-order valence-corrected chi connectivity index (χ1v) is 6.18. The summed E-state index contributed by atoms with van der Waals surface area (Å²) in [4.78, 5) is 24.6. The van der Waals surface area contributed by atoms with E-state index in [0.717, 1.165) is 6.42 Å². The van der Waals surface area contributed by atoms with Gasteiger partial charge < -0.3 is 14.7 Å². The fraction of sp³-hybridized carbons (Fsp3) is 0.833. The first kappa shape index (κ1) is 14.0. The van der Waals surface area contributed by atoms with Gasteiger partial charge in [-0.2, -0.15) is 0 Å². The van der Waals surface area contributed by atoms with Crippen molar-refractivity contribution in [1.82, 2.24) is 4.90 Å². The van der Waals surface area contributed by atoms with Crippen LogP contribution in [0, 0.1) is 5.92 Å². The summed E-state index contributed by atoms with van der Waals surface area (Å²) >= 11 is 0. The van der Waals surface area contributed by atoms with Gasteiger partial charge in [0.05, 0.1) is 18.9 Å². The maximum Gasteiger partial charge on any atom is 0.308 e. The van der Waals surface area contributed by atoms with E-state index < -0.39 is 11.9 Å². The summed E-state index contributed by atoms with van der Waals surface area (Å²) < 4.78 is 5.14. The average Bonchev–Trinajstić information content (AvgIpc) is 2.29. The molecule has 1 saturated heterocycles. The largest absolute Gasteiger partial charge is 0.481 e. The summed E-state index contributed by atoms with van der Waals surface area (Å²) in [5.74, 6) is -1.24. The van der Waals surface area contributed by atoms with E-state index in [2.05, 4.69) is 0 Å². The van der Waals surface area contributed by atoms with Crippen molar-refractivity contribution in [1.29, 1.82) is 0 Å². The second-order valence-corrected chi connectivity index (χ2v) is 4.36. The predicted octanol–water partition coefficient (Wildman–Crippen LogP) is 1.12. The Morgan fingerprint density at radius 3 is 2.76 bits per heavy atom. The fourth-order valence-corrected chi connectivity index (χ4v) is 2.27. The predicted molar refractivity (Wildman–Crippen MR) is 62.6 cm³/mol. The molecule has 2 atom stereocenters. The number of carboxylic acid groups (broad SMARTS) is 1. The lowest BCUT2D eigenvalue weighted by Crippen LogP contribution is -2.49. The van der Waals surface area contributed by atoms with Crippen LogP contribution < -0.4 is 0 Å². The molecule has 5 heteroatoms. The number of rotatable bonds is 5. The molecular weight excluding hydrogens is 222 g/mol. The summed E-state index contributed by atoms with van der Waals surface area (Å²) in [7, 11) is 0. The molecule has 5 nitrogen and oxygen atoms in total. The van der Waals surface area contributed by atoms with Crippen molar-refractivity contribution < 1.29 is 19.4 Å². The van der Waals surface area contributed by atoms with Gasteiger partial charge in [-0.15, -0.1) is 0 Å². The van der Waals surface area contributed by atoms with E-state index in [1.807, 2.05) is 13.8 Å². The van der Waals surface area contributed by atoms with Crippen LogP contribution in [-0.2, 0) is 14.3 Å². The lowest BCUT2D eigenvalue weighted by molar-refractivity contribution is -0.149. The average molecular weight is 243 g/mol. The third kappa shape index (κ3) is 3.70. The van der Waals surface area contributed by atoms with Crippen molar-refractivity contribution in [3.63, 3.8) is 0 Å².